The first kappa shape index (κ1) is 19.4. The quantitative estimate of drug-likeness (QED) is 0.355. The van der Waals surface area contributed by atoms with Crippen LogP contribution in [0.4, 0.5) is 0 Å². The number of fused-ring (bicyclic) bond motifs is 1. The van der Waals surface area contributed by atoms with Crippen LogP contribution in [0.1, 0.15) is 16.8 Å². The van der Waals surface area contributed by atoms with Crippen LogP contribution < -0.4 is 10.9 Å². The Balaban J connectivity index is 1.27. The van der Waals surface area contributed by atoms with Crippen molar-refractivity contribution in [1.29, 1.82) is 0 Å². The molecule has 1 aromatic rings. The van der Waals surface area contributed by atoms with E-state index in [4.69, 9.17) is 9.47 Å². The van der Waals surface area contributed by atoms with Gasteiger partial charge in [0.2, 0.25) is 0 Å². The van der Waals surface area contributed by atoms with Crippen LogP contribution in [0.25, 0.3) is 0 Å². The second-order valence-electron chi connectivity index (χ2n) is 7.08. The third-order valence-corrected chi connectivity index (χ3v) is 7.29. The van der Waals surface area contributed by atoms with Gasteiger partial charge in [-0.2, -0.15) is 0 Å². The van der Waals surface area contributed by atoms with Gasteiger partial charge in [-0.1, -0.05) is 31.9 Å². The number of alkyl halides is 1. The Morgan fingerprint density at radius 2 is 1.86 bits per heavy atom. The molecule has 0 radical (unpaired) electrons. The summed E-state index contributed by atoms with van der Waals surface area (Å²) in [5.74, 6) is -3.24. The minimum absolute atomic E-state index is 0.0263. The summed E-state index contributed by atoms with van der Waals surface area (Å²) in [5, 5.41) is 0. The first-order valence-corrected chi connectivity index (χ1v) is 10.4. The predicted molar refractivity (Wildman–Crippen MR) is 102 cm³/mol. The summed E-state index contributed by atoms with van der Waals surface area (Å²) in [7, 11) is 0. The molecule has 0 aromatic heterocycles. The maximum absolute atomic E-state index is 12.5. The molecule has 0 spiro atoms. The molecule has 10 heteroatoms. The molecule has 148 valence electrons. The molecular weight excluding hydrogens is 500 g/mol. The fourth-order valence-electron chi connectivity index (χ4n) is 4.36. The third-order valence-electron chi connectivity index (χ3n) is 5.56. The average molecular weight is 516 g/mol. The van der Waals surface area contributed by atoms with Gasteiger partial charge in [0.25, 0.3) is 11.8 Å². The summed E-state index contributed by atoms with van der Waals surface area (Å²) in [4.78, 5) is 48.3. The first-order valence-electron chi connectivity index (χ1n) is 8.73. The van der Waals surface area contributed by atoms with E-state index in [0.29, 0.717) is 5.56 Å². The standard InChI is InChI=1S/C18H16Br2N2O6/c19-8-3-1-7(2-4-8)16(24)22-21-11(23)6-27-17(25)12-9-5-10-13(12)18(26)28-15(10)14(9)20/h1-4,9-10,12-15H,5-6H2,(H,21,23)(H,22,24)/t9-,10-,12-,13+,14+,15+/m1/s1. The average Bonchev–Trinajstić information content (AvgIpc) is 3.29. The molecule has 1 aromatic carbocycles. The summed E-state index contributed by atoms with van der Waals surface area (Å²) < 4.78 is 11.3. The summed E-state index contributed by atoms with van der Waals surface area (Å²) in [5.41, 5.74) is 4.81. The molecular formula is C18H16Br2N2O6. The Kier molecular flexibility index (Phi) is 5.17. The zero-order chi connectivity index (χ0) is 20.0. The fourth-order valence-corrected chi connectivity index (χ4v) is 5.67. The lowest BCUT2D eigenvalue weighted by Crippen LogP contribution is -2.44. The minimum Gasteiger partial charge on any atom is -0.461 e. The van der Waals surface area contributed by atoms with Crippen molar-refractivity contribution in [2.45, 2.75) is 17.4 Å². The van der Waals surface area contributed by atoms with Gasteiger partial charge in [-0.3, -0.25) is 30.0 Å². The lowest BCUT2D eigenvalue weighted by atomic mass is 9.80. The van der Waals surface area contributed by atoms with Gasteiger partial charge in [0.05, 0.1) is 16.7 Å². The highest BCUT2D eigenvalue weighted by molar-refractivity contribution is 9.10. The van der Waals surface area contributed by atoms with Crippen LogP contribution in [-0.2, 0) is 23.9 Å². The monoisotopic (exact) mass is 514 g/mol. The van der Waals surface area contributed by atoms with Crippen molar-refractivity contribution in [2.75, 3.05) is 6.61 Å². The number of hydrazine groups is 1. The smallest absolute Gasteiger partial charge is 0.310 e. The molecule has 3 fully saturated rings. The van der Waals surface area contributed by atoms with Crippen LogP contribution in [0, 0.1) is 23.7 Å². The highest BCUT2D eigenvalue weighted by Crippen LogP contribution is 2.60. The molecule has 2 N–H and O–H groups in total. The van der Waals surface area contributed by atoms with Gasteiger partial charge < -0.3 is 9.47 Å². The van der Waals surface area contributed by atoms with Gasteiger partial charge >= 0.3 is 11.9 Å². The molecule has 2 aliphatic carbocycles. The Bertz CT molecular complexity index is 845. The van der Waals surface area contributed by atoms with E-state index in [9.17, 15) is 19.2 Å². The number of amides is 2. The van der Waals surface area contributed by atoms with E-state index in [2.05, 4.69) is 42.7 Å². The second kappa shape index (κ2) is 7.47. The van der Waals surface area contributed by atoms with Gasteiger partial charge in [0, 0.05) is 16.0 Å². The highest BCUT2D eigenvalue weighted by Gasteiger charge is 2.68. The largest absolute Gasteiger partial charge is 0.461 e. The molecule has 8 nitrogen and oxygen atoms in total. The van der Waals surface area contributed by atoms with Gasteiger partial charge in [-0.15, -0.1) is 0 Å². The van der Waals surface area contributed by atoms with Crippen LogP contribution in [0.15, 0.2) is 28.7 Å². The van der Waals surface area contributed by atoms with Gasteiger partial charge in [0.15, 0.2) is 6.61 Å². The van der Waals surface area contributed by atoms with Gasteiger partial charge in [-0.05, 0) is 36.6 Å². The van der Waals surface area contributed by atoms with Crippen molar-refractivity contribution in [3.8, 4) is 0 Å². The van der Waals surface area contributed by atoms with Crippen LogP contribution >= 0.6 is 31.9 Å². The number of carbonyl (C=O) groups excluding carboxylic acids is 4. The number of nitrogens with one attached hydrogen (secondary N) is 2. The Labute approximate surface area is 176 Å². The van der Waals surface area contributed by atoms with E-state index in [-0.39, 0.29) is 28.7 Å². The molecule has 1 aliphatic heterocycles. The second-order valence-corrected chi connectivity index (χ2v) is 9.05. The van der Waals surface area contributed by atoms with Crippen molar-refractivity contribution < 1.29 is 28.7 Å². The third kappa shape index (κ3) is 3.32. The number of benzene rings is 1. The van der Waals surface area contributed by atoms with E-state index in [1.165, 1.54) is 0 Å². The topological polar surface area (TPSA) is 111 Å². The summed E-state index contributed by atoms with van der Waals surface area (Å²) >= 11 is 6.79. The number of hydrogen-bond donors (Lipinski definition) is 2. The van der Waals surface area contributed by atoms with Crippen LogP contribution in [0.2, 0.25) is 0 Å². The molecule has 1 heterocycles. The van der Waals surface area contributed by atoms with Crippen molar-refractivity contribution in [1.82, 2.24) is 10.9 Å². The molecule has 2 amide bonds. The fraction of sp³-hybridized carbons (Fsp3) is 0.444. The molecule has 1 saturated heterocycles. The SMILES string of the molecule is O=C(COC(=O)[C@@H]1[C@H]2C[C@H]3[C@H](OC(=O)[C@@H]31)[C@H]2Br)NNC(=O)c1ccc(Br)cc1. The Hall–Kier alpha value is -1.94. The van der Waals surface area contributed by atoms with Crippen LogP contribution in [0.3, 0.4) is 0 Å². The van der Waals surface area contributed by atoms with Crippen LogP contribution in [0.5, 0.6) is 0 Å². The van der Waals surface area contributed by atoms with Gasteiger partial charge in [-0.25, -0.2) is 0 Å². The summed E-state index contributed by atoms with van der Waals surface area (Å²) in [6.45, 7) is -0.550. The number of ether oxygens (including phenoxy) is 2. The van der Waals surface area contributed by atoms with Crippen molar-refractivity contribution in [3.05, 3.63) is 34.3 Å². The maximum atomic E-state index is 12.5. The Morgan fingerprint density at radius 3 is 2.57 bits per heavy atom. The Morgan fingerprint density at radius 1 is 1.14 bits per heavy atom. The number of carbonyl (C=O) groups is 4. The minimum atomic E-state index is -0.677. The molecule has 0 unspecified atom stereocenters. The maximum Gasteiger partial charge on any atom is 0.310 e. The van der Waals surface area contributed by atoms with E-state index in [1.54, 1.807) is 24.3 Å². The lowest BCUT2D eigenvalue weighted by Gasteiger charge is -2.26. The molecule has 2 saturated carbocycles. The number of halogens is 2. The molecule has 6 atom stereocenters. The lowest BCUT2D eigenvalue weighted by molar-refractivity contribution is -0.158. The van der Waals surface area contributed by atoms with E-state index < -0.39 is 36.2 Å². The van der Waals surface area contributed by atoms with Crippen molar-refractivity contribution in [2.24, 2.45) is 23.7 Å². The molecule has 4 rings (SSSR count). The normalized spacial score (nSPS) is 32.0. The first-order chi connectivity index (χ1) is 13.4. The van der Waals surface area contributed by atoms with Gasteiger partial charge in [0.1, 0.15) is 6.10 Å². The van der Waals surface area contributed by atoms with Crippen molar-refractivity contribution >= 4 is 55.6 Å². The van der Waals surface area contributed by atoms with E-state index in [0.717, 1.165) is 10.9 Å². The zero-order valence-corrected chi connectivity index (χ0v) is 17.6. The highest BCUT2D eigenvalue weighted by atomic mass is 79.9. The number of rotatable bonds is 4. The molecule has 28 heavy (non-hydrogen) atoms. The number of esters is 2. The molecule has 2 bridgehead atoms. The van der Waals surface area contributed by atoms with E-state index in [1.807, 2.05) is 0 Å². The zero-order valence-electron chi connectivity index (χ0n) is 14.4. The predicted octanol–water partition coefficient (Wildman–Crippen LogP) is 1.32. The molecule has 3 aliphatic rings. The summed E-state index contributed by atoms with van der Waals surface area (Å²) in [6, 6.07) is 6.57. The van der Waals surface area contributed by atoms with Crippen molar-refractivity contribution in [3.63, 3.8) is 0 Å². The number of hydrogen-bond acceptors (Lipinski definition) is 6. The summed E-state index contributed by atoms with van der Waals surface area (Å²) in [6.07, 6.45) is 0.551. The van der Waals surface area contributed by atoms with Crippen LogP contribution in [-0.4, -0.2) is 41.3 Å². The van der Waals surface area contributed by atoms with E-state index >= 15 is 0 Å².